The highest BCUT2D eigenvalue weighted by atomic mass is 79.9. The van der Waals surface area contributed by atoms with Gasteiger partial charge in [0.25, 0.3) is 5.91 Å². The van der Waals surface area contributed by atoms with Crippen molar-refractivity contribution in [3.05, 3.63) is 75.2 Å². The van der Waals surface area contributed by atoms with Crippen molar-refractivity contribution in [3.8, 4) is 5.75 Å². The van der Waals surface area contributed by atoms with Gasteiger partial charge in [-0.1, -0.05) is 64.9 Å². The van der Waals surface area contributed by atoms with Crippen molar-refractivity contribution in [2.24, 2.45) is 10.1 Å². The Morgan fingerprint density at radius 2 is 1.97 bits per heavy atom. The van der Waals surface area contributed by atoms with E-state index in [-0.39, 0.29) is 5.91 Å². The minimum Gasteiger partial charge on any atom is -0.496 e. The third-order valence-corrected chi connectivity index (χ3v) is 6.51. The standard InChI is InChI=1S/C23H19BrN4O2S/c1-3-31-23-26-22(29)20-17-12-13(24)8-10-18(17)25-21(28(20)27-23)16-9-11-19(30-2)15-7-5-4-6-14(15)16/h4-12,21H,3H2,1-2H3,(H,26,27,29)/t21-/m0/s1. The largest absolute Gasteiger partial charge is 0.496 e. The Morgan fingerprint density at radius 1 is 1.16 bits per heavy atom. The number of hydrogen-bond donors (Lipinski definition) is 1. The number of nitrogens with zero attached hydrogens (tertiary/aromatic N) is 3. The molecule has 0 bridgehead atoms. The number of carbonyl (C=O) groups excluding carboxylic acids is 1. The molecule has 0 unspecified atom stereocenters. The van der Waals surface area contributed by atoms with Crippen LogP contribution in [0.4, 0.5) is 0 Å². The number of nitrogens with one attached hydrogen (secondary N) is 1. The van der Waals surface area contributed by atoms with Gasteiger partial charge in [-0.05, 0) is 35.4 Å². The molecular weight excluding hydrogens is 476 g/mol. The molecule has 1 atom stereocenters. The number of rotatable bonds is 3. The van der Waals surface area contributed by atoms with Crippen LogP contribution in [0, 0.1) is 0 Å². The average molecular weight is 495 g/mol. The Labute approximate surface area is 191 Å². The molecule has 5 rings (SSSR count). The highest BCUT2D eigenvalue weighted by Gasteiger charge is 2.35. The Hall–Kier alpha value is -2.84. The summed E-state index contributed by atoms with van der Waals surface area (Å²) in [6, 6.07) is 17.8. The number of hydrogen-bond acceptors (Lipinski definition) is 6. The summed E-state index contributed by atoms with van der Waals surface area (Å²) in [4.78, 5) is 18.2. The van der Waals surface area contributed by atoms with Crippen molar-refractivity contribution in [3.63, 3.8) is 0 Å². The fraction of sp³-hybridized carbons (Fsp3) is 0.174. The van der Waals surface area contributed by atoms with Crippen LogP contribution in [0.15, 0.2) is 69.2 Å². The number of ether oxygens (including phenoxy) is 1. The maximum atomic E-state index is 13.2. The van der Waals surface area contributed by atoms with Crippen LogP contribution < -0.4 is 20.6 Å². The first-order valence-electron chi connectivity index (χ1n) is 9.86. The number of benzene rings is 3. The fourth-order valence-corrected chi connectivity index (χ4v) is 4.90. The van der Waals surface area contributed by atoms with Gasteiger partial charge in [-0.2, -0.15) is 0 Å². The van der Waals surface area contributed by atoms with Gasteiger partial charge >= 0.3 is 0 Å². The van der Waals surface area contributed by atoms with E-state index in [0.717, 1.165) is 42.9 Å². The number of halogens is 1. The predicted octanol–water partition coefficient (Wildman–Crippen LogP) is 3.51. The number of fused-ring (bicyclic) bond motifs is 3. The minimum atomic E-state index is -0.474. The monoisotopic (exact) mass is 494 g/mol. The third kappa shape index (κ3) is 3.40. The van der Waals surface area contributed by atoms with E-state index in [1.807, 2.05) is 55.5 Å². The molecule has 156 valence electrons. The third-order valence-electron chi connectivity index (χ3n) is 5.27. The highest BCUT2D eigenvalue weighted by molar-refractivity contribution is 9.10. The zero-order valence-corrected chi connectivity index (χ0v) is 19.3. The van der Waals surface area contributed by atoms with Gasteiger partial charge in [0.2, 0.25) is 0 Å². The summed E-state index contributed by atoms with van der Waals surface area (Å²) in [5, 5.41) is 13.6. The maximum absolute atomic E-state index is 13.2. The molecule has 0 aliphatic carbocycles. The second kappa shape index (κ2) is 8.01. The summed E-state index contributed by atoms with van der Waals surface area (Å²) in [5.41, 5.74) is 1.46. The molecule has 3 aromatic rings. The van der Waals surface area contributed by atoms with Gasteiger partial charge in [-0.3, -0.25) is 15.1 Å². The second-order valence-corrected chi connectivity index (χ2v) is 9.22. The lowest BCUT2D eigenvalue weighted by Crippen LogP contribution is -2.50. The molecule has 0 spiro atoms. The molecule has 3 aromatic carbocycles. The molecule has 31 heavy (non-hydrogen) atoms. The van der Waals surface area contributed by atoms with Crippen molar-refractivity contribution in [1.82, 2.24) is 10.3 Å². The first-order chi connectivity index (χ1) is 15.1. The summed E-state index contributed by atoms with van der Waals surface area (Å²) in [7, 11) is 1.67. The van der Waals surface area contributed by atoms with Gasteiger partial charge in [0.15, 0.2) is 11.3 Å². The lowest BCUT2D eigenvalue weighted by atomic mass is 10.00. The lowest BCUT2D eigenvalue weighted by molar-refractivity contribution is -0.116. The molecule has 1 amide bonds. The Bertz CT molecular complexity index is 1370. The molecule has 6 nitrogen and oxygen atoms in total. The smallest absolute Gasteiger partial charge is 0.276 e. The number of methoxy groups -OCH3 is 1. The average Bonchev–Trinajstić information content (AvgIpc) is 2.78. The molecule has 0 saturated heterocycles. The van der Waals surface area contributed by atoms with Gasteiger partial charge in [-0.25, -0.2) is 5.01 Å². The molecular formula is C23H19BrN4O2S. The van der Waals surface area contributed by atoms with Gasteiger partial charge in [0.05, 0.1) is 12.5 Å². The van der Waals surface area contributed by atoms with Crippen LogP contribution >= 0.6 is 27.7 Å². The number of amides is 1. The van der Waals surface area contributed by atoms with Crippen LogP contribution in [0.25, 0.3) is 16.5 Å². The van der Waals surface area contributed by atoms with Gasteiger partial charge in [0, 0.05) is 20.6 Å². The minimum absolute atomic E-state index is 0.178. The summed E-state index contributed by atoms with van der Waals surface area (Å²) in [5.74, 6) is 1.42. The number of hydrazone groups is 1. The van der Waals surface area contributed by atoms with Gasteiger partial charge in [0.1, 0.15) is 11.4 Å². The van der Waals surface area contributed by atoms with Crippen molar-refractivity contribution >= 4 is 55.2 Å². The SMILES string of the molecule is CCSC1=NN2C(=c3cc(Br)ccc3=N[C@@H]2c2ccc(OC)c3ccccc23)C(=O)N1. The summed E-state index contributed by atoms with van der Waals surface area (Å²) in [6.45, 7) is 2.03. The first-order valence-corrected chi connectivity index (χ1v) is 11.6. The fourth-order valence-electron chi connectivity index (χ4n) is 3.95. The topological polar surface area (TPSA) is 66.3 Å². The summed E-state index contributed by atoms with van der Waals surface area (Å²) in [6.07, 6.45) is -0.474. The van der Waals surface area contributed by atoms with Crippen LogP contribution in [0.2, 0.25) is 0 Å². The van der Waals surface area contributed by atoms with E-state index < -0.39 is 6.17 Å². The molecule has 0 fully saturated rings. The molecule has 1 N–H and O–H groups in total. The van der Waals surface area contributed by atoms with Crippen LogP contribution in [0.1, 0.15) is 18.7 Å². The van der Waals surface area contributed by atoms with Gasteiger partial charge in [-0.15, -0.1) is 5.10 Å². The maximum Gasteiger partial charge on any atom is 0.276 e. The molecule has 0 saturated carbocycles. The second-order valence-electron chi connectivity index (χ2n) is 7.05. The van der Waals surface area contributed by atoms with E-state index in [9.17, 15) is 4.79 Å². The van der Waals surface area contributed by atoms with E-state index in [2.05, 4.69) is 27.3 Å². The summed E-state index contributed by atoms with van der Waals surface area (Å²) < 4.78 is 6.44. The van der Waals surface area contributed by atoms with E-state index >= 15 is 0 Å². The first kappa shape index (κ1) is 20.1. The van der Waals surface area contributed by atoms with Crippen molar-refractivity contribution in [2.75, 3.05) is 12.9 Å². The van der Waals surface area contributed by atoms with E-state index in [0.29, 0.717) is 10.9 Å². The Morgan fingerprint density at radius 3 is 2.74 bits per heavy atom. The quantitative estimate of drug-likeness (QED) is 0.604. The van der Waals surface area contributed by atoms with Crippen LogP contribution in [-0.4, -0.2) is 28.9 Å². The number of carbonyl (C=O) groups is 1. The molecule has 8 heteroatoms. The van der Waals surface area contributed by atoms with Crippen LogP contribution in [0.5, 0.6) is 5.75 Å². The summed E-state index contributed by atoms with van der Waals surface area (Å²) >= 11 is 5.01. The molecule has 0 aromatic heterocycles. The molecule has 2 aliphatic heterocycles. The Kier molecular flexibility index (Phi) is 5.19. The van der Waals surface area contributed by atoms with E-state index in [1.165, 1.54) is 11.8 Å². The number of thioether (sulfide) groups is 1. The zero-order valence-electron chi connectivity index (χ0n) is 16.9. The van der Waals surface area contributed by atoms with Crippen molar-refractivity contribution in [1.29, 1.82) is 0 Å². The normalized spacial score (nSPS) is 17.5. The van der Waals surface area contributed by atoms with E-state index in [1.54, 1.807) is 12.1 Å². The Balaban J connectivity index is 1.80. The predicted molar refractivity (Wildman–Crippen MR) is 127 cm³/mol. The van der Waals surface area contributed by atoms with Crippen molar-refractivity contribution < 1.29 is 9.53 Å². The van der Waals surface area contributed by atoms with Crippen LogP contribution in [0.3, 0.4) is 0 Å². The van der Waals surface area contributed by atoms with Gasteiger partial charge < -0.3 is 4.74 Å². The van der Waals surface area contributed by atoms with Crippen molar-refractivity contribution in [2.45, 2.75) is 13.1 Å². The lowest BCUT2D eigenvalue weighted by Gasteiger charge is -2.34. The zero-order chi connectivity index (χ0) is 21.5. The molecule has 2 heterocycles. The number of amidine groups is 1. The van der Waals surface area contributed by atoms with E-state index in [4.69, 9.17) is 14.8 Å². The van der Waals surface area contributed by atoms with Crippen LogP contribution in [-0.2, 0) is 4.79 Å². The highest BCUT2D eigenvalue weighted by Crippen LogP contribution is 2.37. The molecule has 0 radical (unpaired) electrons. The molecule has 2 aliphatic rings.